The Hall–Kier alpha value is -2.86. The molecule has 2 aliphatic rings. The van der Waals surface area contributed by atoms with Gasteiger partial charge in [0, 0.05) is 31.1 Å². The summed E-state index contributed by atoms with van der Waals surface area (Å²) in [7, 11) is 0. The summed E-state index contributed by atoms with van der Waals surface area (Å²) in [6, 6.07) is 16.4. The van der Waals surface area contributed by atoms with Crippen LogP contribution in [0.3, 0.4) is 0 Å². The molecule has 1 saturated heterocycles. The number of benzene rings is 2. The lowest BCUT2D eigenvalue weighted by Gasteiger charge is -2.22. The first kappa shape index (κ1) is 17.3. The van der Waals surface area contributed by atoms with E-state index < -0.39 is 0 Å². The highest BCUT2D eigenvalue weighted by Gasteiger charge is 2.23. The van der Waals surface area contributed by atoms with Gasteiger partial charge in [-0.2, -0.15) is 0 Å². The molecule has 0 saturated carbocycles. The number of anilines is 2. The van der Waals surface area contributed by atoms with Crippen molar-refractivity contribution < 1.29 is 9.53 Å². The molecule has 1 fully saturated rings. The Balaban J connectivity index is 1.32. The summed E-state index contributed by atoms with van der Waals surface area (Å²) in [6.07, 6.45) is 2.53. The van der Waals surface area contributed by atoms with E-state index in [0.717, 1.165) is 61.6 Å². The molecule has 3 heterocycles. The first-order chi connectivity index (χ1) is 13.8. The van der Waals surface area contributed by atoms with E-state index in [1.165, 1.54) is 5.52 Å². The Labute approximate surface area is 164 Å². The highest BCUT2D eigenvalue weighted by molar-refractivity contribution is 5.94. The maximum absolute atomic E-state index is 12.2. The van der Waals surface area contributed by atoms with Gasteiger partial charge in [0.05, 0.1) is 17.6 Å². The summed E-state index contributed by atoms with van der Waals surface area (Å²) < 4.78 is 7.79. The fourth-order valence-corrected chi connectivity index (χ4v) is 4.15. The Morgan fingerprint density at radius 1 is 1.07 bits per heavy atom. The van der Waals surface area contributed by atoms with Crippen molar-refractivity contribution in [3.8, 4) is 0 Å². The molecule has 2 aliphatic heterocycles. The number of aromatic nitrogens is 2. The third kappa shape index (κ3) is 3.24. The van der Waals surface area contributed by atoms with Crippen molar-refractivity contribution in [3.05, 3.63) is 54.4 Å². The number of para-hydroxylation sites is 2. The summed E-state index contributed by atoms with van der Waals surface area (Å²) >= 11 is 0. The molecule has 1 N–H and O–H groups in total. The van der Waals surface area contributed by atoms with Crippen LogP contribution < -0.4 is 10.2 Å². The van der Waals surface area contributed by atoms with Gasteiger partial charge in [0.25, 0.3) is 5.91 Å². The van der Waals surface area contributed by atoms with E-state index in [2.05, 4.69) is 45.1 Å². The minimum absolute atomic E-state index is 0.0475. The van der Waals surface area contributed by atoms with E-state index >= 15 is 0 Å². The molecule has 0 radical (unpaired) electrons. The monoisotopic (exact) mass is 376 g/mol. The molecule has 144 valence electrons. The SMILES string of the molecule is O=C(Nc1ccc(N2CCCn3c(nc4ccccc43)C2)cc1)[C@@H]1CCCO1. The van der Waals surface area contributed by atoms with E-state index in [0.29, 0.717) is 6.61 Å². The molecule has 0 bridgehead atoms. The van der Waals surface area contributed by atoms with E-state index in [1.54, 1.807) is 0 Å². The molecular formula is C22H24N4O2. The lowest BCUT2D eigenvalue weighted by molar-refractivity contribution is -0.124. The van der Waals surface area contributed by atoms with Crippen molar-refractivity contribution in [2.45, 2.75) is 38.5 Å². The number of carbonyl (C=O) groups is 1. The van der Waals surface area contributed by atoms with Crippen molar-refractivity contribution in [3.63, 3.8) is 0 Å². The average molecular weight is 376 g/mol. The highest BCUT2D eigenvalue weighted by atomic mass is 16.5. The molecule has 6 heteroatoms. The fourth-order valence-electron chi connectivity index (χ4n) is 4.15. The van der Waals surface area contributed by atoms with Gasteiger partial charge in [0.1, 0.15) is 11.9 Å². The van der Waals surface area contributed by atoms with Gasteiger partial charge < -0.3 is 19.5 Å². The standard InChI is InChI=1S/C22H24N4O2/c27-22(20-7-3-14-28-20)23-16-8-10-17(11-9-16)25-12-4-13-26-19-6-2-1-5-18(19)24-21(26)15-25/h1-2,5-6,8-11,20H,3-4,7,12-15H2,(H,23,27)/t20-/m0/s1. The summed E-state index contributed by atoms with van der Waals surface area (Å²) in [6.45, 7) is 3.44. The molecule has 1 atom stereocenters. The summed E-state index contributed by atoms with van der Waals surface area (Å²) in [4.78, 5) is 19.4. The van der Waals surface area contributed by atoms with Gasteiger partial charge in [-0.1, -0.05) is 12.1 Å². The van der Waals surface area contributed by atoms with Crippen LogP contribution in [0.2, 0.25) is 0 Å². The Kier molecular flexibility index (Phi) is 4.49. The number of aryl methyl sites for hydroxylation is 1. The maximum atomic E-state index is 12.2. The molecule has 0 aliphatic carbocycles. The van der Waals surface area contributed by atoms with Crippen LogP contribution >= 0.6 is 0 Å². The van der Waals surface area contributed by atoms with Gasteiger partial charge in [0.15, 0.2) is 0 Å². The van der Waals surface area contributed by atoms with Crippen molar-refractivity contribution in [1.82, 2.24) is 9.55 Å². The zero-order valence-corrected chi connectivity index (χ0v) is 15.8. The van der Waals surface area contributed by atoms with E-state index in [1.807, 2.05) is 18.2 Å². The van der Waals surface area contributed by atoms with Crippen molar-refractivity contribution in [2.75, 3.05) is 23.4 Å². The van der Waals surface area contributed by atoms with Crippen molar-refractivity contribution in [2.24, 2.45) is 0 Å². The number of amides is 1. The number of rotatable bonds is 3. The molecule has 3 aromatic rings. The molecule has 6 nitrogen and oxygen atoms in total. The van der Waals surface area contributed by atoms with E-state index in [4.69, 9.17) is 9.72 Å². The predicted octanol–water partition coefficient (Wildman–Crippen LogP) is 3.56. The second-order valence-electron chi connectivity index (χ2n) is 7.48. The quantitative estimate of drug-likeness (QED) is 0.759. The Morgan fingerprint density at radius 3 is 2.75 bits per heavy atom. The summed E-state index contributed by atoms with van der Waals surface area (Å²) in [5, 5.41) is 2.96. The molecule has 28 heavy (non-hydrogen) atoms. The average Bonchev–Trinajstić information content (AvgIpc) is 3.32. The predicted molar refractivity (Wildman–Crippen MR) is 109 cm³/mol. The number of imidazole rings is 1. The van der Waals surface area contributed by atoms with Crippen molar-refractivity contribution >= 4 is 28.3 Å². The summed E-state index contributed by atoms with van der Waals surface area (Å²) in [5.41, 5.74) is 4.24. The molecule has 5 rings (SSSR count). The first-order valence-corrected chi connectivity index (χ1v) is 9.99. The Bertz CT molecular complexity index is 989. The number of nitrogens with zero attached hydrogens (tertiary/aromatic N) is 3. The molecular weight excluding hydrogens is 352 g/mol. The second kappa shape index (κ2) is 7.28. The van der Waals surface area contributed by atoms with Crippen LogP contribution in [0.25, 0.3) is 11.0 Å². The van der Waals surface area contributed by atoms with E-state index in [9.17, 15) is 4.79 Å². The lowest BCUT2D eigenvalue weighted by Crippen LogP contribution is -2.27. The van der Waals surface area contributed by atoms with Gasteiger partial charge >= 0.3 is 0 Å². The highest BCUT2D eigenvalue weighted by Crippen LogP contribution is 2.25. The molecule has 1 amide bonds. The zero-order chi connectivity index (χ0) is 18.9. The minimum Gasteiger partial charge on any atom is -0.368 e. The van der Waals surface area contributed by atoms with Crippen LogP contribution in [0.15, 0.2) is 48.5 Å². The minimum atomic E-state index is -0.307. The smallest absolute Gasteiger partial charge is 0.253 e. The van der Waals surface area contributed by atoms with Gasteiger partial charge in [-0.3, -0.25) is 4.79 Å². The normalized spacial score (nSPS) is 19.4. The maximum Gasteiger partial charge on any atom is 0.253 e. The molecule has 0 unspecified atom stereocenters. The van der Waals surface area contributed by atoms with Crippen LogP contribution in [0.4, 0.5) is 11.4 Å². The van der Waals surface area contributed by atoms with Gasteiger partial charge in [-0.25, -0.2) is 4.98 Å². The Morgan fingerprint density at radius 2 is 1.93 bits per heavy atom. The van der Waals surface area contributed by atoms with E-state index in [-0.39, 0.29) is 12.0 Å². The van der Waals surface area contributed by atoms with Crippen LogP contribution in [0, 0.1) is 0 Å². The van der Waals surface area contributed by atoms with Crippen LogP contribution in [-0.4, -0.2) is 34.7 Å². The third-order valence-electron chi connectivity index (χ3n) is 5.60. The number of hydrogen-bond acceptors (Lipinski definition) is 4. The number of fused-ring (bicyclic) bond motifs is 3. The molecule has 1 aromatic heterocycles. The number of carbonyl (C=O) groups excluding carboxylic acids is 1. The fraction of sp³-hybridized carbons (Fsp3) is 0.364. The second-order valence-corrected chi connectivity index (χ2v) is 7.48. The van der Waals surface area contributed by atoms with Crippen molar-refractivity contribution in [1.29, 1.82) is 0 Å². The van der Waals surface area contributed by atoms with Crippen LogP contribution in [0.5, 0.6) is 0 Å². The zero-order valence-electron chi connectivity index (χ0n) is 15.8. The number of ether oxygens (including phenoxy) is 1. The van der Waals surface area contributed by atoms with Gasteiger partial charge in [-0.15, -0.1) is 0 Å². The lowest BCUT2D eigenvalue weighted by atomic mass is 10.2. The van der Waals surface area contributed by atoms with Gasteiger partial charge in [-0.05, 0) is 55.7 Å². The van der Waals surface area contributed by atoms with Crippen LogP contribution in [0.1, 0.15) is 25.1 Å². The molecule has 0 spiro atoms. The molecule has 2 aromatic carbocycles. The number of hydrogen-bond donors (Lipinski definition) is 1. The summed E-state index contributed by atoms with van der Waals surface area (Å²) in [5.74, 6) is 1.06. The topological polar surface area (TPSA) is 59.4 Å². The third-order valence-corrected chi connectivity index (χ3v) is 5.60. The first-order valence-electron chi connectivity index (χ1n) is 9.99. The number of nitrogens with one attached hydrogen (secondary N) is 1. The van der Waals surface area contributed by atoms with Crippen LogP contribution in [-0.2, 0) is 22.6 Å². The van der Waals surface area contributed by atoms with Gasteiger partial charge in [0.2, 0.25) is 0 Å². The largest absolute Gasteiger partial charge is 0.368 e.